The molecule has 1 saturated carbocycles. The van der Waals surface area contributed by atoms with Crippen LogP contribution < -0.4 is 4.90 Å². The fourth-order valence-electron chi connectivity index (χ4n) is 4.75. The number of benzene rings is 1. The largest absolute Gasteiger partial charge is 0.513 e. The monoisotopic (exact) mass is 378 g/mol. The van der Waals surface area contributed by atoms with Crippen LogP contribution in [-0.2, 0) is 6.42 Å². The van der Waals surface area contributed by atoms with Crippen molar-refractivity contribution in [3.05, 3.63) is 41.0 Å². The lowest BCUT2D eigenvalue weighted by molar-refractivity contribution is 0.109. The van der Waals surface area contributed by atoms with Crippen molar-refractivity contribution in [2.45, 2.75) is 57.8 Å². The lowest BCUT2D eigenvalue weighted by Crippen LogP contribution is -2.42. The number of nitroso groups, excluding NO2 is 1. The summed E-state index contributed by atoms with van der Waals surface area (Å²) >= 11 is 0. The third-order valence-electron chi connectivity index (χ3n) is 6.38. The van der Waals surface area contributed by atoms with Crippen molar-refractivity contribution in [1.82, 2.24) is 0 Å². The van der Waals surface area contributed by atoms with Gasteiger partial charge in [-0.2, -0.15) is 0 Å². The molecule has 1 saturated heterocycles. The SMILES string of the molecule is C=C(O)CC1CCC2(CC1)CCN(c1cc(CC(F)F)ccc1N=O)CC2. The van der Waals surface area contributed by atoms with Crippen molar-refractivity contribution < 1.29 is 13.9 Å². The number of alkyl halides is 2. The van der Waals surface area contributed by atoms with E-state index in [1.165, 1.54) is 0 Å². The Bertz CT molecular complexity index is 675. The number of hydrogen-bond acceptors (Lipinski definition) is 4. The molecule has 0 amide bonds. The highest BCUT2D eigenvalue weighted by Crippen LogP contribution is 2.48. The van der Waals surface area contributed by atoms with Crippen LogP contribution in [-0.4, -0.2) is 24.6 Å². The predicted molar refractivity (Wildman–Crippen MR) is 104 cm³/mol. The van der Waals surface area contributed by atoms with Crippen LogP contribution in [0.1, 0.15) is 50.5 Å². The Labute approximate surface area is 159 Å². The first-order valence-corrected chi connectivity index (χ1v) is 9.77. The van der Waals surface area contributed by atoms with Crippen LogP contribution in [0.4, 0.5) is 20.2 Å². The molecule has 1 aromatic rings. The second-order valence-electron chi connectivity index (χ2n) is 8.21. The molecule has 0 unspecified atom stereocenters. The average molecular weight is 378 g/mol. The molecule has 0 atom stereocenters. The van der Waals surface area contributed by atoms with Crippen LogP contribution in [0.5, 0.6) is 0 Å². The summed E-state index contributed by atoms with van der Waals surface area (Å²) in [5.41, 5.74) is 1.88. The molecule has 2 aliphatic rings. The van der Waals surface area contributed by atoms with Crippen LogP contribution in [0.15, 0.2) is 35.7 Å². The second kappa shape index (κ2) is 8.36. The molecule has 27 heavy (non-hydrogen) atoms. The average Bonchev–Trinajstić information content (AvgIpc) is 2.64. The van der Waals surface area contributed by atoms with Crippen LogP contribution in [0.3, 0.4) is 0 Å². The molecule has 1 aromatic carbocycles. The number of anilines is 1. The van der Waals surface area contributed by atoms with Crippen molar-refractivity contribution in [1.29, 1.82) is 0 Å². The minimum Gasteiger partial charge on any atom is -0.513 e. The van der Waals surface area contributed by atoms with E-state index in [2.05, 4.69) is 16.7 Å². The highest BCUT2D eigenvalue weighted by Gasteiger charge is 2.38. The van der Waals surface area contributed by atoms with Gasteiger partial charge in [0.25, 0.3) is 0 Å². The van der Waals surface area contributed by atoms with Crippen LogP contribution in [0, 0.1) is 16.2 Å². The maximum Gasteiger partial charge on any atom is 0.242 e. The Balaban J connectivity index is 1.64. The number of nitrogens with zero attached hydrogens (tertiary/aromatic N) is 2. The molecule has 1 heterocycles. The van der Waals surface area contributed by atoms with Gasteiger partial charge in [-0.3, -0.25) is 0 Å². The molecular formula is C21H28F2N2O2. The molecule has 1 aliphatic carbocycles. The fourth-order valence-corrected chi connectivity index (χ4v) is 4.75. The summed E-state index contributed by atoms with van der Waals surface area (Å²) in [5.74, 6) is 0.811. The number of aliphatic hydroxyl groups is 1. The molecule has 6 heteroatoms. The Morgan fingerprint density at radius 3 is 2.48 bits per heavy atom. The molecule has 148 valence electrons. The number of hydrogen-bond donors (Lipinski definition) is 1. The van der Waals surface area contributed by atoms with Gasteiger partial charge >= 0.3 is 0 Å². The number of halogens is 2. The van der Waals surface area contributed by atoms with Crippen molar-refractivity contribution in [2.75, 3.05) is 18.0 Å². The fraction of sp³-hybridized carbons (Fsp3) is 0.619. The Hall–Kier alpha value is -1.98. The Morgan fingerprint density at radius 1 is 1.26 bits per heavy atom. The predicted octanol–water partition coefficient (Wildman–Crippen LogP) is 6.13. The summed E-state index contributed by atoms with van der Waals surface area (Å²) < 4.78 is 25.4. The second-order valence-corrected chi connectivity index (χ2v) is 8.21. The molecule has 1 aliphatic heterocycles. The molecule has 0 radical (unpaired) electrons. The van der Waals surface area contributed by atoms with E-state index in [-0.39, 0.29) is 12.2 Å². The number of piperidine rings is 1. The zero-order valence-electron chi connectivity index (χ0n) is 15.7. The standard InChI is InChI=1S/C21H28F2N2O2/c1-15(26)12-16-4-6-21(7-5-16)8-10-25(11-9-21)19-13-17(14-20(22)23)2-3-18(19)24-27/h2-3,13,16,20,26H,1,4-12,14H2. The molecular weight excluding hydrogens is 350 g/mol. The van der Waals surface area contributed by atoms with Gasteiger partial charge in [-0.1, -0.05) is 12.6 Å². The minimum atomic E-state index is -2.40. The van der Waals surface area contributed by atoms with Gasteiger partial charge in [0, 0.05) is 25.9 Å². The third-order valence-corrected chi connectivity index (χ3v) is 6.38. The first-order chi connectivity index (χ1) is 12.9. The normalized spacial score (nSPS) is 20.2. The number of aliphatic hydroxyl groups excluding tert-OH is 1. The van der Waals surface area contributed by atoms with Crippen molar-refractivity contribution in [3.63, 3.8) is 0 Å². The summed E-state index contributed by atoms with van der Waals surface area (Å²) in [6.07, 6.45) is 4.62. The minimum absolute atomic E-state index is 0.281. The molecule has 3 rings (SSSR count). The van der Waals surface area contributed by atoms with E-state index in [0.29, 0.717) is 34.7 Å². The highest BCUT2D eigenvalue weighted by molar-refractivity contribution is 5.68. The lowest BCUT2D eigenvalue weighted by Gasteiger charge is -2.46. The van der Waals surface area contributed by atoms with Gasteiger partial charge in [-0.25, -0.2) is 8.78 Å². The van der Waals surface area contributed by atoms with E-state index in [4.69, 9.17) is 0 Å². The summed E-state index contributed by atoms with van der Waals surface area (Å²) in [6, 6.07) is 4.82. The van der Waals surface area contributed by atoms with Crippen molar-refractivity contribution >= 4 is 11.4 Å². The summed E-state index contributed by atoms with van der Waals surface area (Å²) in [6.45, 7) is 5.24. The van der Waals surface area contributed by atoms with Gasteiger partial charge in [0.15, 0.2) is 0 Å². The lowest BCUT2D eigenvalue weighted by atomic mass is 9.65. The van der Waals surface area contributed by atoms with Gasteiger partial charge in [-0.15, -0.1) is 4.91 Å². The van der Waals surface area contributed by atoms with E-state index in [1.807, 2.05) is 0 Å². The van der Waals surface area contributed by atoms with Gasteiger partial charge in [0.05, 0.1) is 11.4 Å². The molecule has 4 nitrogen and oxygen atoms in total. The summed E-state index contributed by atoms with van der Waals surface area (Å²) in [5, 5.41) is 12.5. The van der Waals surface area contributed by atoms with E-state index >= 15 is 0 Å². The van der Waals surface area contributed by atoms with Crippen molar-refractivity contribution in [2.24, 2.45) is 16.5 Å². The van der Waals surface area contributed by atoms with E-state index in [1.54, 1.807) is 18.2 Å². The molecule has 0 bridgehead atoms. The van der Waals surface area contributed by atoms with Crippen LogP contribution in [0.25, 0.3) is 0 Å². The van der Waals surface area contributed by atoms with Gasteiger partial charge in [0.1, 0.15) is 5.69 Å². The number of rotatable bonds is 6. The van der Waals surface area contributed by atoms with E-state index in [9.17, 15) is 18.8 Å². The van der Waals surface area contributed by atoms with Gasteiger partial charge in [0.2, 0.25) is 6.43 Å². The maximum atomic E-state index is 12.7. The zero-order chi connectivity index (χ0) is 19.4. The zero-order valence-corrected chi connectivity index (χ0v) is 15.7. The van der Waals surface area contributed by atoms with Gasteiger partial charge in [-0.05, 0) is 72.7 Å². The quantitative estimate of drug-likeness (QED) is 0.478. The first kappa shape index (κ1) is 19.8. The molecule has 1 N–H and O–H groups in total. The van der Waals surface area contributed by atoms with Crippen LogP contribution in [0.2, 0.25) is 0 Å². The Kier molecular flexibility index (Phi) is 6.12. The Morgan fingerprint density at radius 2 is 1.93 bits per heavy atom. The molecule has 2 fully saturated rings. The third kappa shape index (κ3) is 4.85. The topological polar surface area (TPSA) is 52.9 Å². The molecule has 0 aromatic heterocycles. The van der Waals surface area contributed by atoms with E-state index in [0.717, 1.165) is 51.6 Å². The van der Waals surface area contributed by atoms with E-state index < -0.39 is 6.43 Å². The maximum absolute atomic E-state index is 12.7. The summed E-state index contributed by atoms with van der Waals surface area (Å²) in [7, 11) is 0. The number of allylic oxidation sites excluding steroid dienone is 1. The first-order valence-electron chi connectivity index (χ1n) is 9.77. The smallest absolute Gasteiger partial charge is 0.242 e. The van der Waals surface area contributed by atoms with Gasteiger partial charge < -0.3 is 10.0 Å². The highest BCUT2D eigenvalue weighted by atomic mass is 19.3. The molecule has 1 spiro atoms. The van der Waals surface area contributed by atoms with Crippen LogP contribution >= 0.6 is 0 Å². The van der Waals surface area contributed by atoms with Crippen molar-refractivity contribution in [3.8, 4) is 0 Å². The summed E-state index contributed by atoms with van der Waals surface area (Å²) in [4.78, 5) is 13.3.